The molecule has 0 fully saturated rings. The Hall–Kier alpha value is -1.89. The molecule has 0 spiro atoms. The van der Waals surface area contributed by atoms with Gasteiger partial charge < -0.3 is 21.1 Å². The highest BCUT2D eigenvalue weighted by atomic mass is 16.4. The molecule has 0 aromatic rings. The summed E-state index contributed by atoms with van der Waals surface area (Å²) in [6.07, 6.45) is 2.22. The molecule has 5 N–H and O–H groups in total. The van der Waals surface area contributed by atoms with E-state index in [4.69, 9.17) is 21.1 Å². The topological polar surface area (TPSA) is 138 Å². The van der Waals surface area contributed by atoms with E-state index in [1.54, 1.807) is 0 Å². The van der Waals surface area contributed by atoms with Crippen LogP contribution in [0.2, 0.25) is 0 Å². The summed E-state index contributed by atoms with van der Waals surface area (Å²) < 4.78 is 0. The fraction of sp³-hybridized carbons (Fsp3) is 0.583. The van der Waals surface area contributed by atoms with Crippen molar-refractivity contribution >= 4 is 17.9 Å². The first kappa shape index (κ1) is 19.4. The zero-order valence-electron chi connectivity index (χ0n) is 11.1. The molecule has 1 atom stereocenters. The van der Waals surface area contributed by atoms with E-state index in [-0.39, 0.29) is 12.3 Å². The van der Waals surface area contributed by atoms with Crippen molar-refractivity contribution in [2.75, 3.05) is 6.54 Å². The Morgan fingerprint density at radius 2 is 1.47 bits per heavy atom. The lowest BCUT2D eigenvalue weighted by molar-refractivity contribution is -0.138. The van der Waals surface area contributed by atoms with E-state index in [0.717, 1.165) is 6.42 Å². The van der Waals surface area contributed by atoms with Crippen LogP contribution in [-0.2, 0) is 14.4 Å². The highest BCUT2D eigenvalue weighted by Gasteiger charge is 2.12. The van der Waals surface area contributed by atoms with Crippen molar-refractivity contribution in [3.05, 3.63) is 12.2 Å². The molecule has 0 aromatic carbocycles. The largest absolute Gasteiger partial charge is 0.481 e. The van der Waals surface area contributed by atoms with Crippen LogP contribution < -0.4 is 5.73 Å². The summed E-state index contributed by atoms with van der Waals surface area (Å²) >= 11 is 0. The van der Waals surface area contributed by atoms with E-state index < -0.39 is 17.9 Å². The Morgan fingerprint density at radius 3 is 1.68 bits per heavy atom. The summed E-state index contributed by atoms with van der Waals surface area (Å²) in [4.78, 5) is 29.4. The van der Waals surface area contributed by atoms with E-state index in [1.807, 2.05) is 0 Å². The van der Waals surface area contributed by atoms with Crippen LogP contribution in [0.15, 0.2) is 12.2 Å². The number of hydrogen-bond donors (Lipinski definition) is 4. The molecule has 7 heteroatoms. The van der Waals surface area contributed by atoms with Crippen molar-refractivity contribution in [1.82, 2.24) is 0 Å². The Balaban J connectivity index is 0. The van der Waals surface area contributed by atoms with Crippen LogP contribution in [-0.4, -0.2) is 39.8 Å². The minimum atomic E-state index is -1.26. The lowest BCUT2D eigenvalue weighted by Gasteiger charge is -2.13. The van der Waals surface area contributed by atoms with Crippen LogP contribution in [0.5, 0.6) is 0 Å². The molecular weight excluding hydrogens is 254 g/mol. The third-order valence-electron chi connectivity index (χ3n) is 1.97. The summed E-state index contributed by atoms with van der Waals surface area (Å²) in [7, 11) is 0. The molecule has 7 nitrogen and oxygen atoms in total. The standard InChI is InChI=1S/C8H17NO2.C4H4O4/c1-6(2)3-7(5-9)4-8(10)11;5-3(6)1-2-4(7)8/h6-7H,3-5,9H2,1-2H3,(H,10,11);1-2H,(H,5,6)(H,7,8)/b;2-1-/t7-;/m0./s1. The summed E-state index contributed by atoms with van der Waals surface area (Å²) in [5.41, 5.74) is 5.41. The molecule has 0 saturated carbocycles. The van der Waals surface area contributed by atoms with Gasteiger partial charge in [0, 0.05) is 18.6 Å². The zero-order chi connectivity index (χ0) is 15.4. The molecule has 110 valence electrons. The maximum absolute atomic E-state index is 10.3. The summed E-state index contributed by atoms with van der Waals surface area (Å²) in [5.74, 6) is -2.59. The Morgan fingerprint density at radius 1 is 1.05 bits per heavy atom. The minimum absolute atomic E-state index is 0.146. The van der Waals surface area contributed by atoms with E-state index in [1.165, 1.54) is 0 Å². The van der Waals surface area contributed by atoms with Crippen molar-refractivity contribution in [3.8, 4) is 0 Å². The molecule has 0 unspecified atom stereocenters. The molecule has 19 heavy (non-hydrogen) atoms. The predicted octanol–water partition coefficient (Wildman–Crippen LogP) is 0.794. The molecule has 0 aliphatic carbocycles. The van der Waals surface area contributed by atoms with Crippen LogP contribution in [0.1, 0.15) is 26.7 Å². The fourth-order valence-corrected chi connectivity index (χ4v) is 1.32. The zero-order valence-corrected chi connectivity index (χ0v) is 11.1. The van der Waals surface area contributed by atoms with Crippen LogP contribution in [0.25, 0.3) is 0 Å². The molecule has 0 amide bonds. The maximum Gasteiger partial charge on any atom is 0.328 e. The number of carboxylic acids is 3. The third-order valence-corrected chi connectivity index (χ3v) is 1.97. The molecule has 0 aliphatic heterocycles. The van der Waals surface area contributed by atoms with Crippen LogP contribution in [0.4, 0.5) is 0 Å². The molecule has 0 heterocycles. The molecule has 0 aliphatic rings. The number of carboxylic acid groups (broad SMARTS) is 3. The van der Waals surface area contributed by atoms with Gasteiger partial charge in [0.2, 0.25) is 0 Å². The Bertz CT molecular complexity index is 308. The average molecular weight is 275 g/mol. The maximum atomic E-state index is 10.3. The van der Waals surface area contributed by atoms with Gasteiger partial charge in [-0.3, -0.25) is 4.79 Å². The molecule has 0 bridgehead atoms. The smallest absolute Gasteiger partial charge is 0.328 e. The van der Waals surface area contributed by atoms with Gasteiger partial charge in [-0.15, -0.1) is 0 Å². The quantitative estimate of drug-likeness (QED) is 0.504. The van der Waals surface area contributed by atoms with Gasteiger partial charge in [0.05, 0.1) is 0 Å². The van der Waals surface area contributed by atoms with Crippen LogP contribution in [0.3, 0.4) is 0 Å². The number of rotatable bonds is 7. The van der Waals surface area contributed by atoms with Gasteiger partial charge in [0.1, 0.15) is 0 Å². The predicted molar refractivity (Wildman–Crippen MR) is 68.7 cm³/mol. The van der Waals surface area contributed by atoms with Gasteiger partial charge in [0.25, 0.3) is 0 Å². The second-order valence-corrected chi connectivity index (χ2v) is 4.34. The fourth-order valence-electron chi connectivity index (χ4n) is 1.32. The number of aliphatic carboxylic acids is 3. The Labute approximate surface area is 111 Å². The monoisotopic (exact) mass is 275 g/mol. The second kappa shape index (κ2) is 11.2. The normalized spacial score (nSPS) is 11.8. The first-order valence-electron chi connectivity index (χ1n) is 5.74. The summed E-state index contributed by atoms with van der Waals surface area (Å²) in [5, 5.41) is 24.1. The van der Waals surface area contributed by atoms with Gasteiger partial charge in [-0.2, -0.15) is 0 Å². The molecular formula is C12H21NO6. The van der Waals surface area contributed by atoms with Crippen molar-refractivity contribution in [2.24, 2.45) is 17.6 Å². The Kier molecular flexibility index (Phi) is 11.5. The van der Waals surface area contributed by atoms with Crippen molar-refractivity contribution in [3.63, 3.8) is 0 Å². The number of nitrogens with two attached hydrogens (primary N) is 1. The van der Waals surface area contributed by atoms with Gasteiger partial charge in [-0.25, -0.2) is 9.59 Å². The second-order valence-electron chi connectivity index (χ2n) is 4.34. The van der Waals surface area contributed by atoms with Gasteiger partial charge in [-0.05, 0) is 24.8 Å². The number of hydrogen-bond acceptors (Lipinski definition) is 4. The van der Waals surface area contributed by atoms with Crippen LogP contribution >= 0.6 is 0 Å². The molecule has 0 aromatic heterocycles. The first-order chi connectivity index (χ1) is 8.68. The molecule has 0 rings (SSSR count). The lowest BCUT2D eigenvalue weighted by Crippen LogP contribution is -2.19. The first-order valence-corrected chi connectivity index (χ1v) is 5.74. The third kappa shape index (κ3) is 18.7. The van der Waals surface area contributed by atoms with Gasteiger partial charge in [0.15, 0.2) is 0 Å². The van der Waals surface area contributed by atoms with Gasteiger partial charge in [-0.1, -0.05) is 13.8 Å². The van der Waals surface area contributed by atoms with E-state index >= 15 is 0 Å². The minimum Gasteiger partial charge on any atom is -0.481 e. The highest BCUT2D eigenvalue weighted by molar-refractivity contribution is 5.89. The lowest BCUT2D eigenvalue weighted by atomic mass is 9.94. The van der Waals surface area contributed by atoms with Crippen molar-refractivity contribution in [1.29, 1.82) is 0 Å². The summed E-state index contributed by atoms with van der Waals surface area (Å²) in [6, 6.07) is 0. The molecule has 0 saturated heterocycles. The van der Waals surface area contributed by atoms with E-state index in [2.05, 4.69) is 13.8 Å². The van der Waals surface area contributed by atoms with E-state index in [0.29, 0.717) is 24.6 Å². The van der Waals surface area contributed by atoms with Crippen molar-refractivity contribution < 1.29 is 29.7 Å². The summed E-state index contributed by atoms with van der Waals surface area (Å²) in [6.45, 7) is 4.62. The van der Waals surface area contributed by atoms with Crippen LogP contribution in [0, 0.1) is 11.8 Å². The molecule has 0 radical (unpaired) electrons. The van der Waals surface area contributed by atoms with E-state index in [9.17, 15) is 14.4 Å². The number of carbonyl (C=O) groups is 3. The highest BCUT2D eigenvalue weighted by Crippen LogP contribution is 2.13. The van der Waals surface area contributed by atoms with Crippen molar-refractivity contribution in [2.45, 2.75) is 26.7 Å². The van der Waals surface area contributed by atoms with Gasteiger partial charge >= 0.3 is 17.9 Å². The SMILES string of the molecule is CC(C)C[C@H](CN)CC(=O)O.O=C(O)/C=C\C(=O)O. The average Bonchev–Trinajstić information content (AvgIpc) is 2.25.